The molecule has 1 saturated heterocycles. The van der Waals surface area contributed by atoms with Crippen LogP contribution in [0.1, 0.15) is 45.4 Å². The molecule has 2 aliphatic rings. The summed E-state index contributed by atoms with van der Waals surface area (Å²) in [5.41, 5.74) is 0.290. The van der Waals surface area contributed by atoms with Crippen LogP contribution in [0.4, 0.5) is 0 Å². The van der Waals surface area contributed by atoms with Crippen LogP contribution in [0, 0.1) is 11.3 Å². The van der Waals surface area contributed by atoms with E-state index in [0.29, 0.717) is 22.8 Å². The van der Waals surface area contributed by atoms with Crippen LogP contribution in [0.3, 0.4) is 0 Å². The third kappa shape index (κ3) is 3.02. The molecule has 0 radical (unpaired) electrons. The summed E-state index contributed by atoms with van der Waals surface area (Å²) in [5, 5.41) is 3.53. The first-order valence-corrected chi connectivity index (χ1v) is 8.81. The van der Waals surface area contributed by atoms with Crippen molar-refractivity contribution in [3.63, 3.8) is 0 Å². The van der Waals surface area contributed by atoms with Crippen molar-refractivity contribution in [1.82, 2.24) is 5.32 Å². The van der Waals surface area contributed by atoms with Gasteiger partial charge in [-0.15, -0.1) is 0 Å². The van der Waals surface area contributed by atoms with Gasteiger partial charge in [-0.05, 0) is 43.6 Å². The molecule has 3 nitrogen and oxygen atoms in total. The average molecular weight is 259 g/mol. The highest BCUT2D eigenvalue weighted by Crippen LogP contribution is 2.47. The predicted molar refractivity (Wildman–Crippen MR) is 70.8 cm³/mol. The van der Waals surface area contributed by atoms with Crippen molar-refractivity contribution in [2.75, 3.05) is 24.6 Å². The fourth-order valence-electron chi connectivity index (χ4n) is 3.60. The molecule has 0 amide bonds. The van der Waals surface area contributed by atoms with Crippen molar-refractivity contribution in [3.8, 4) is 0 Å². The monoisotopic (exact) mass is 259 g/mol. The van der Waals surface area contributed by atoms with E-state index in [1.54, 1.807) is 0 Å². The summed E-state index contributed by atoms with van der Waals surface area (Å²) in [6.07, 6.45) is 7.07. The van der Waals surface area contributed by atoms with Gasteiger partial charge >= 0.3 is 0 Å². The Balaban J connectivity index is 2.01. The first kappa shape index (κ1) is 13.3. The minimum absolute atomic E-state index is 0.290. The Labute approximate surface area is 105 Å². The van der Waals surface area contributed by atoms with Crippen LogP contribution in [0.5, 0.6) is 0 Å². The van der Waals surface area contributed by atoms with Gasteiger partial charge in [0.1, 0.15) is 0 Å². The van der Waals surface area contributed by atoms with E-state index in [0.717, 1.165) is 25.9 Å². The van der Waals surface area contributed by atoms with Crippen molar-refractivity contribution >= 4 is 9.84 Å². The van der Waals surface area contributed by atoms with Gasteiger partial charge in [-0.1, -0.05) is 19.8 Å². The van der Waals surface area contributed by atoms with Gasteiger partial charge in [0.15, 0.2) is 9.84 Å². The maximum absolute atomic E-state index is 11.6. The van der Waals surface area contributed by atoms with Crippen LogP contribution in [0.25, 0.3) is 0 Å². The van der Waals surface area contributed by atoms with Crippen LogP contribution in [0.15, 0.2) is 0 Å². The molecule has 0 aromatic rings. The van der Waals surface area contributed by atoms with Gasteiger partial charge in [0.2, 0.25) is 0 Å². The molecular weight excluding hydrogens is 234 g/mol. The van der Waals surface area contributed by atoms with Crippen LogP contribution in [0.2, 0.25) is 0 Å². The summed E-state index contributed by atoms with van der Waals surface area (Å²) in [4.78, 5) is 0. The lowest BCUT2D eigenvalue weighted by atomic mass is 9.73. The molecule has 1 unspecified atom stereocenters. The molecule has 1 saturated carbocycles. The Hall–Kier alpha value is -0.0900. The second-order valence-electron chi connectivity index (χ2n) is 5.85. The molecular formula is C13H25NO2S. The predicted octanol–water partition coefficient (Wildman–Crippen LogP) is 1.98. The van der Waals surface area contributed by atoms with Gasteiger partial charge in [0, 0.05) is 6.54 Å². The molecule has 2 fully saturated rings. The Bertz CT molecular complexity index is 344. The zero-order valence-corrected chi connectivity index (χ0v) is 11.7. The highest BCUT2D eigenvalue weighted by Gasteiger charge is 2.45. The summed E-state index contributed by atoms with van der Waals surface area (Å²) >= 11 is 0. The first-order chi connectivity index (χ1) is 8.08. The van der Waals surface area contributed by atoms with Gasteiger partial charge in [-0.3, -0.25) is 0 Å². The standard InChI is InChI=1S/C13H25NO2S/c1-2-8-14-11-13(6-3-4-7-13)12-5-9-17(15,16)10-12/h12,14H,2-11H2,1H3. The van der Waals surface area contributed by atoms with Crippen LogP contribution in [-0.4, -0.2) is 33.0 Å². The van der Waals surface area contributed by atoms with E-state index in [-0.39, 0.29) is 0 Å². The van der Waals surface area contributed by atoms with E-state index in [1.165, 1.54) is 25.7 Å². The van der Waals surface area contributed by atoms with Crippen molar-refractivity contribution in [2.45, 2.75) is 45.4 Å². The SMILES string of the molecule is CCCNCC1(C2CCS(=O)(=O)C2)CCCC1. The zero-order valence-electron chi connectivity index (χ0n) is 10.9. The molecule has 1 aliphatic carbocycles. The van der Waals surface area contributed by atoms with E-state index in [9.17, 15) is 8.42 Å². The normalized spacial score (nSPS) is 30.8. The smallest absolute Gasteiger partial charge is 0.150 e. The number of hydrogen-bond acceptors (Lipinski definition) is 3. The first-order valence-electron chi connectivity index (χ1n) is 6.99. The fourth-order valence-corrected chi connectivity index (χ4v) is 5.54. The molecule has 0 aromatic carbocycles. The largest absolute Gasteiger partial charge is 0.316 e. The van der Waals surface area contributed by atoms with E-state index in [2.05, 4.69) is 12.2 Å². The van der Waals surface area contributed by atoms with E-state index >= 15 is 0 Å². The molecule has 1 aliphatic heterocycles. The summed E-state index contributed by atoms with van der Waals surface area (Å²) in [6, 6.07) is 0. The lowest BCUT2D eigenvalue weighted by Crippen LogP contribution is -2.39. The molecule has 2 rings (SSSR count). The zero-order chi connectivity index (χ0) is 12.4. The second kappa shape index (κ2) is 5.27. The maximum Gasteiger partial charge on any atom is 0.150 e. The Morgan fingerprint density at radius 2 is 2.00 bits per heavy atom. The number of sulfone groups is 1. The van der Waals surface area contributed by atoms with Crippen molar-refractivity contribution in [2.24, 2.45) is 11.3 Å². The van der Waals surface area contributed by atoms with E-state index in [4.69, 9.17) is 0 Å². The highest BCUT2D eigenvalue weighted by atomic mass is 32.2. The molecule has 1 atom stereocenters. The molecule has 17 heavy (non-hydrogen) atoms. The molecule has 0 bridgehead atoms. The van der Waals surface area contributed by atoms with Gasteiger partial charge in [0.25, 0.3) is 0 Å². The number of nitrogens with one attached hydrogen (secondary N) is 1. The number of rotatable bonds is 5. The quantitative estimate of drug-likeness (QED) is 0.768. The summed E-state index contributed by atoms with van der Waals surface area (Å²) in [5.74, 6) is 1.29. The van der Waals surface area contributed by atoms with Crippen molar-refractivity contribution < 1.29 is 8.42 Å². The van der Waals surface area contributed by atoms with Gasteiger partial charge in [-0.25, -0.2) is 8.42 Å². The third-order valence-corrected chi connectivity index (χ3v) is 6.37. The van der Waals surface area contributed by atoms with Crippen LogP contribution >= 0.6 is 0 Å². The summed E-state index contributed by atoms with van der Waals surface area (Å²) in [7, 11) is -2.73. The molecule has 0 spiro atoms. The number of hydrogen-bond donors (Lipinski definition) is 1. The van der Waals surface area contributed by atoms with Gasteiger partial charge in [-0.2, -0.15) is 0 Å². The topological polar surface area (TPSA) is 46.2 Å². The maximum atomic E-state index is 11.6. The summed E-state index contributed by atoms with van der Waals surface area (Å²) < 4.78 is 23.3. The molecule has 1 N–H and O–H groups in total. The third-order valence-electron chi connectivity index (χ3n) is 4.60. The molecule has 0 aromatic heterocycles. The van der Waals surface area contributed by atoms with Crippen molar-refractivity contribution in [1.29, 1.82) is 0 Å². The van der Waals surface area contributed by atoms with Gasteiger partial charge < -0.3 is 5.32 Å². The average Bonchev–Trinajstić information content (AvgIpc) is 2.86. The fraction of sp³-hybridized carbons (Fsp3) is 1.00. The van der Waals surface area contributed by atoms with Crippen LogP contribution in [-0.2, 0) is 9.84 Å². The van der Waals surface area contributed by atoms with Crippen LogP contribution < -0.4 is 5.32 Å². The minimum atomic E-state index is -2.73. The van der Waals surface area contributed by atoms with Gasteiger partial charge in [0.05, 0.1) is 11.5 Å². The lowest BCUT2D eigenvalue weighted by Gasteiger charge is -2.35. The Kier molecular flexibility index (Phi) is 4.14. The second-order valence-corrected chi connectivity index (χ2v) is 8.07. The molecule has 4 heteroatoms. The molecule has 1 heterocycles. The van der Waals surface area contributed by atoms with E-state index in [1.807, 2.05) is 0 Å². The molecule has 100 valence electrons. The Morgan fingerprint density at radius 1 is 1.29 bits per heavy atom. The summed E-state index contributed by atoms with van der Waals surface area (Å²) in [6.45, 7) is 4.26. The Morgan fingerprint density at radius 3 is 2.53 bits per heavy atom. The minimum Gasteiger partial charge on any atom is -0.316 e. The van der Waals surface area contributed by atoms with Crippen molar-refractivity contribution in [3.05, 3.63) is 0 Å². The lowest BCUT2D eigenvalue weighted by molar-refractivity contribution is 0.179. The van der Waals surface area contributed by atoms with E-state index < -0.39 is 9.84 Å². The highest BCUT2D eigenvalue weighted by molar-refractivity contribution is 7.91.